The lowest BCUT2D eigenvalue weighted by Crippen LogP contribution is -2.43. The van der Waals surface area contributed by atoms with Gasteiger partial charge in [0.15, 0.2) is 0 Å². The van der Waals surface area contributed by atoms with Crippen molar-refractivity contribution in [1.29, 1.82) is 0 Å². The van der Waals surface area contributed by atoms with Crippen LogP contribution in [0.15, 0.2) is 54.6 Å². The molecule has 1 aliphatic carbocycles. The molecule has 2 aliphatic rings. The molecule has 4 rings (SSSR count). The predicted molar refractivity (Wildman–Crippen MR) is 119 cm³/mol. The molecule has 1 saturated carbocycles. The van der Waals surface area contributed by atoms with E-state index in [-0.39, 0.29) is 30.5 Å². The van der Waals surface area contributed by atoms with Gasteiger partial charge in [0.25, 0.3) is 0 Å². The Labute approximate surface area is 184 Å². The van der Waals surface area contributed by atoms with Gasteiger partial charge in [-0.15, -0.1) is 0 Å². The van der Waals surface area contributed by atoms with Gasteiger partial charge in [0, 0.05) is 24.9 Å². The molecule has 0 bridgehead atoms. The molecule has 2 fully saturated rings. The van der Waals surface area contributed by atoms with E-state index in [2.05, 4.69) is 17.0 Å². The van der Waals surface area contributed by atoms with Gasteiger partial charge < -0.3 is 14.3 Å². The van der Waals surface area contributed by atoms with Crippen molar-refractivity contribution in [3.63, 3.8) is 0 Å². The number of ether oxygens (including phenoxy) is 2. The minimum Gasteiger partial charge on any atom is -0.497 e. The number of nitrogens with zero attached hydrogens (tertiary/aromatic N) is 1. The van der Waals surface area contributed by atoms with Crippen LogP contribution in [0.3, 0.4) is 0 Å². The molecule has 0 unspecified atom stereocenters. The fourth-order valence-corrected chi connectivity index (χ4v) is 4.72. The normalized spacial score (nSPS) is 22.5. The summed E-state index contributed by atoms with van der Waals surface area (Å²) >= 11 is 0. The van der Waals surface area contributed by atoms with Crippen molar-refractivity contribution in [1.82, 2.24) is 4.90 Å². The molecule has 5 nitrogen and oxygen atoms in total. The number of carbonyl (C=O) groups excluding carboxylic acids is 2. The number of methoxy groups -OCH3 is 1. The molecule has 2 aromatic carbocycles. The molecule has 0 spiro atoms. The number of aldehydes is 1. The van der Waals surface area contributed by atoms with Crippen molar-refractivity contribution in [3.8, 4) is 5.75 Å². The van der Waals surface area contributed by atoms with Gasteiger partial charge >= 0.3 is 5.97 Å². The Hall–Kier alpha value is -2.66. The summed E-state index contributed by atoms with van der Waals surface area (Å²) in [6, 6.07) is 17.4. The molecule has 2 aromatic rings. The first kappa shape index (κ1) is 21.6. The molecular weight excluding hydrogens is 390 g/mol. The number of rotatable bonds is 9. The van der Waals surface area contributed by atoms with Crippen LogP contribution in [0.5, 0.6) is 5.75 Å². The Balaban J connectivity index is 1.45. The second kappa shape index (κ2) is 10.1. The molecule has 0 aromatic heterocycles. The highest BCUT2D eigenvalue weighted by Crippen LogP contribution is 2.37. The van der Waals surface area contributed by atoms with Crippen LogP contribution in [0, 0.1) is 11.8 Å². The minimum absolute atomic E-state index is 0.0966. The van der Waals surface area contributed by atoms with E-state index in [1.54, 1.807) is 7.11 Å². The van der Waals surface area contributed by atoms with Gasteiger partial charge in [0.2, 0.25) is 0 Å². The lowest BCUT2D eigenvalue weighted by molar-refractivity contribution is -0.152. The quantitative estimate of drug-likeness (QED) is 0.448. The standard InChI is InChI=1S/C26H31NO4/c1-30-23-12-10-20(11-13-23)18-31-26(29)25(14-19-6-5-7-19)27-15-22(17-28)24(16-27)21-8-3-2-4-9-21/h2-4,8-13,17,19,22,24-25H,5-7,14-16,18H2,1H3/t22-,24-,25-/m1/s1. The highest BCUT2D eigenvalue weighted by atomic mass is 16.5. The molecule has 3 atom stereocenters. The van der Waals surface area contributed by atoms with Crippen molar-refractivity contribution < 1.29 is 19.1 Å². The van der Waals surface area contributed by atoms with E-state index in [9.17, 15) is 9.59 Å². The van der Waals surface area contributed by atoms with E-state index < -0.39 is 0 Å². The highest BCUT2D eigenvalue weighted by molar-refractivity contribution is 5.76. The molecule has 164 valence electrons. The average Bonchev–Trinajstić information content (AvgIpc) is 3.22. The summed E-state index contributed by atoms with van der Waals surface area (Å²) in [6.07, 6.45) is 5.46. The molecule has 0 amide bonds. The maximum absolute atomic E-state index is 13.2. The van der Waals surface area contributed by atoms with Gasteiger partial charge in [-0.25, -0.2) is 0 Å². The number of benzene rings is 2. The Morgan fingerprint density at radius 2 is 1.84 bits per heavy atom. The van der Waals surface area contributed by atoms with E-state index in [0.717, 1.165) is 29.6 Å². The van der Waals surface area contributed by atoms with Crippen LogP contribution in [-0.4, -0.2) is 43.4 Å². The lowest BCUT2D eigenvalue weighted by atomic mass is 9.80. The van der Waals surface area contributed by atoms with Gasteiger partial charge in [0.05, 0.1) is 7.11 Å². The zero-order valence-electron chi connectivity index (χ0n) is 18.1. The first-order valence-electron chi connectivity index (χ1n) is 11.2. The zero-order valence-corrected chi connectivity index (χ0v) is 18.1. The molecule has 1 heterocycles. The summed E-state index contributed by atoms with van der Waals surface area (Å²) < 4.78 is 10.9. The number of carbonyl (C=O) groups is 2. The number of likely N-dealkylation sites (tertiary alicyclic amines) is 1. The van der Waals surface area contributed by atoms with E-state index in [1.165, 1.54) is 19.3 Å². The minimum atomic E-state index is -0.292. The first-order valence-corrected chi connectivity index (χ1v) is 11.2. The maximum atomic E-state index is 13.2. The van der Waals surface area contributed by atoms with Gasteiger partial charge in [-0.2, -0.15) is 0 Å². The molecule has 0 radical (unpaired) electrons. The summed E-state index contributed by atoms with van der Waals surface area (Å²) in [5, 5.41) is 0. The van der Waals surface area contributed by atoms with Crippen LogP contribution < -0.4 is 4.74 Å². The van der Waals surface area contributed by atoms with Crippen LogP contribution in [0.1, 0.15) is 42.7 Å². The second-order valence-corrected chi connectivity index (χ2v) is 8.78. The van der Waals surface area contributed by atoms with E-state index >= 15 is 0 Å². The Morgan fingerprint density at radius 3 is 2.45 bits per heavy atom. The topological polar surface area (TPSA) is 55.8 Å². The fraction of sp³-hybridized carbons (Fsp3) is 0.462. The van der Waals surface area contributed by atoms with Crippen molar-refractivity contribution in [2.24, 2.45) is 11.8 Å². The SMILES string of the molecule is COc1ccc(COC(=O)[C@@H](CC2CCC2)N2C[C@H](c3ccccc3)[C@@H](C=O)C2)cc1. The van der Waals surface area contributed by atoms with Crippen LogP contribution in [0.25, 0.3) is 0 Å². The van der Waals surface area contributed by atoms with Crippen molar-refractivity contribution in [2.45, 2.75) is 44.2 Å². The molecule has 1 aliphatic heterocycles. The van der Waals surface area contributed by atoms with Gasteiger partial charge in [-0.05, 0) is 35.6 Å². The third-order valence-electron chi connectivity index (χ3n) is 6.83. The first-order chi connectivity index (χ1) is 15.2. The van der Waals surface area contributed by atoms with Crippen molar-refractivity contribution in [2.75, 3.05) is 20.2 Å². The lowest BCUT2D eigenvalue weighted by Gasteiger charge is -2.33. The monoisotopic (exact) mass is 421 g/mol. The summed E-state index contributed by atoms with van der Waals surface area (Å²) in [5.74, 6) is 1.20. The third-order valence-corrected chi connectivity index (χ3v) is 6.83. The molecule has 1 saturated heterocycles. The van der Waals surface area contributed by atoms with Gasteiger partial charge in [0.1, 0.15) is 24.7 Å². The zero-order chi connectivity index (χ0) is 21.6. The largest absolute Gasteiger partial charge is 0.497 e. The smallest absolute Gasteiger partial charge is 0.323 e. The Morgan fingerprint density at radius 1 is 1.10 bits per heavy atom. The van der Waals surface area contributed by atoms with Crippen LogP contribution in [0.4, 0.5) is 0 Å². The number of esters is 1. The molecule has 0 N–H and O–H groups in total. The van der Waals surface area contributed by atoms with Gasteiger partial charge in [-0.3, -0.25) is 9.69 Å². The maximum Gasteiger partial charge on any atom is 0.323 e. The van der Waals surface area contributed by atoms with Crippen molar-refractivity contribution >= 4 is 12.3 Å². The molecule has 31 heavy (non-hydrogen) atoms. The van der Waals surface area contributed by atoms with Gasteiger partial charge in [-0.1, -0.05) is 61.7 Å². The van der Waals surface area contributed by atoms with Crippen LogP contribution >= 0.6 is 0 Å². The Bertz CT molecular complexity index is 863. The van der Waals surface area contributed by atoms with E-state index in [1.807, 2.05) is 42.5 Å². The third kappa shape index (κ3) is 5.16. The molecule has 5 heteroatoms. The van der Waals surface area contributed by atoms with E-state index in [0.29, 0.717) is 19.0 Å². The summed E-state index contributed by atoms with van der Waals surface area (Å²) in [4.78, 5) is 27.2. The average molecular weight is 422 g/mol. The molecular formula is C26H31NO4. The van der Waals surface area contributed by atoms with E-state index in [4.69, 9.17) is 9.47 Å². The predicted octanol–water partition coefficient (Wildman–Crippen LogP) is 4.21. The second-order valence-electron chi connectivity index (χ2n) is 8.78. The summed E-state index contributed by atoms with van der Waals surface area (Å²) in [6.45, 7) is 1.57. The number of hydrogen-bond donors (Lipinski definition) is 0. The van der Waals surface area contributed by atoms with Crippen LogP contribution in [0.2, 0.25) is 0 Å². The van der Waals surface area contributed by atoms with Crippen molar-refractivity contribution in [3.05, 3.63) is 65.7 Å². The fourth-order valence-electron chi connectivity index (χ4n) is 4.72. The summed E-state index contributed by atoms with van der Waals surface area (Å²) in [7, 11) is 1.63. The Kier molecular flexibility index (Phi) is 7.03. The number of hydrogen-bond acceptors (Lipinski definition) is 5. The van der Waals surface area contributed by atoms with Crippen LogP contribution in [-0.2, 0) is 20.9 Å². The highest BCUT2D eigenvalue weighted by Gasteiger charge is 2.41. The summed E-state index contributed by atoms with van der Waals surface area (Å²) in [5.41, 5.74) is 2.10.